The van der Waals surface area contributed by atoms with Crippen LogP contribution in [0.4, 0.5) is 0 Å². The summed E-state index contributed by atoms with van der Waals surface area (Å²) in [5.74, 6) is 2.86. The minimum absolute atomic E-state index is 0.257. The Balaban J connectivity index is 1.28. The van der Waals surface area contributed by atoms with Gasteiger partial charge in [0.25, 0.3) is 0 Å². The van der Waals surface area contributed by atoms with E-state index in [1.165, 1.54) is 18.4 Å². The predicted octanol–water partition coefficient (Wildman–Crippen LogP) is 2.09. The van der Waals surface area contributed by atoms with Gasteiger partial charge in [-0.05, 0) is 55.6 Å². The maximum absolute atomic E-state index is 13.3. The van der Waals surface area contributed by atoms with E-state index in [1.54, 1.807) is 6.20 Å². The lowest BCUT2D eigenvalue weighted by Gasteiger charge is -2.51. The number of ether oxygens (including phenoxy) is 2. The van der Waals surface area contributed by atoms with Crippen LogP contribution in [0.1, 0.15) is 30.7 Å². The molecule has 0 spiro atoms. The number of rotatable bonds is 4. The Hall–Kier alpha value is -2.54. The van der Waals surface area contributed by atoms with Gasteiger partial charge in [-0.15, -0.1) is 0 Å². The molecule has 4 fully saturated rings. The smallest absolute Gasteiger partial charge is 0.231 e. The predicted molar refractivity (Wildman–Crippen MR) is 106 cm³/mol. The lowest BCUT2D eigenvalue weighted by Crippen LogP contribution is -2.60. The molecule has 6 heterocycles. The van der Waals surface area contributed by atoms with E-state index in [0.717, 1.165) is 31.1 Å². The number of fused-ring (bicyclic) bond motifs is 3. The molecular formula is C22H26N4O3. The number of carbonyl (C=O) groups excluding carboxylic acids is 1. The molecule has 2 aromatic rings. The summed E-state index contributed by atoms with van der Waals surface area (Å²) in [6, 6.07) is 8.96. The van der Waals surface area contributed by atoms with Gasteiger partial charge in [0, 0.05) is 43.9 Å². The summed E-state index contributed by atoms with van der Waals surface area (Å²) >= 11 is 0. The summed E-state index contributed by atoms with van der Waals surface area (Å²) in [6.07, 6.45) is 6.60. The molecule has 0 saturated carbocycles. The van der Waals surface area contributed by atoms with Crippen molar-refractivity contribution in [2.75, 3.05) is 26.4 Å². The Labute approximate surface area is 170 Å². The van der Waals surface area contributed by atoms with Gasteiger partial charge in [0.1, 0.15) is 0 Å². The molecule has 5 aliphatic rings. The monoisotopic (exact) mass is 394 g/mol. The zero-order valence-corrected chi connectivity index (χ0v) is 16.4. The number of nitrogens with zero attached hydrogens (tertiary/aromatic N) is 4. The van der Waals surface area contributed by atoms with E-state index < -0.39 is 0 Å². The molecule has 29 heavy (non-hydrogen) atoms. The molecule has 5 aliphatic heterocycles. The number of aryl methyl sites for hydroxylation is 1. The number of likely N-dealkylation sites (tertiary alicyclic amines) is 1. The molecule has 2 bridgehead atoms. The summed E-state index contributed by atoms with van der Waals surface area (Å²) < 4.78 is 13.0. The first-order valence-electron chi connectivity index (χ1n) is 10.7. The van der Waals surface area contributed by atoms with E-state index in [0.29, 0.717) is 43.7 Å². The van der Waals surface area contributed by atoms with Crippen LogP contribution < -0.4 is 9.47 Å². The van der Waals surface area contributed by atoms with Crippen LogP contribution in [0.5, 0.6) is 11.5 Å². The van der Waals surface area contributed by atoms with Crippen LogP contribution in [-0.4, -0.2) is 64.0 Å². The van der Waals surface area contributed by atoms with Gasteiger partial charge < -0.3 is 14.4 Å². The fraction of sp³-hybridized carbons (Fsp3) is 0.545. The van der Waals surface area contributed by atoms with E-state index in [1.807, 2.05) is 23.0 Å². The van der Waals surface area contributed by atoms with Crippen LogP contribution in [0.25, 0.3) is 0 Å². The molecule has 0 radical (unpaired) electrons. The largest absolute Gasteiger partial charge is 0.454 e. The lowest BCUT2D eigenvalue weighted by molar-refractivity contribution is -0.136. The Morgan fingerprint density at radius 3 is 2.83 bits per heavy atom. The molecule has 0 N–H and O–H groups in total. The number of amides is 1. The van der Waals surface area contributed by atoms with Crippen LogP contribution in [0.15, 0.2) is 36.7 Å². The second kappa shape index (κ2) is 6.76. The highest BCUT2D eigenvalue weighted by molar-refractivity contribution is 5.77. The van der Waals surface area contributed by atoms with E-state index in [2.05, 4.69) is 27.0 Å². The quantitative estimate of drug-likeness (QED) is 0.795. The third-order valence-corrected chi connectivity index (χ3v) is 7.25. The molecule has 1 aromatic heterocycles. The minimum Gasteiger partial charge on any atom is -0.454 e. The van der Waals surface area contributed by atoms with Crippen molar-refractivity contribution in [3.8, 4) is 11.5 Å². The third kappa shape index (κ3) is 2.82. The first-order valence-corrected chi connectivity index (χ1v) is 10.7. The van der Waals surface area contributed by atoms with E-state index in [9.17, 15) is 4.79 Å². The van der Waals surface area contributed by atoms with Gasteiger partial charge in [-0.25, -0.2) is 0 Å². The Bertz CT molecular complexity index is 907. The van der Waals surface area contributed by atoms with Crippen molar-refractivity contribution in [3.63, 3.8) is 0 Å². The van der Waals surface area contributed by atoms with E-state index in [-0.39, 0.29) is 5.91 Å². The van der Waals surface area contributed by atoms with Crippen molar-refractivity contribution >= 4 is 5.91 Å². The van der Waals surface area contributed by atoms with Gasteiger partial charge >= 0.3 is 0 Å². The molecule has 0 aliphatic carbocycles. The second-order valence-corrected chi connectivity index (χ2v) is 8.64. The van der Waals surface area contributed by atoms with Crippen molar-refractivity contribution in [1.29, 1.82) is 0 Å². The van der Waals surface area contributed by atoms with Crippen LogP contribution >= 0.6 is 0 Å². The number of hydrogen-bond donors (Lipinski definition) is 0. The van der Waals surface area contributed by atoms with Gasteiger partial charge in [-0.1, -0.05) is 6.07 Å². The summed E-state index contributed by atoms with van der Waals surface area (Å²) in [7, 11) is 0. The highest BCUT2D eigenvalue weighted by atomic mass is 16.7. The van der Waals surface area contributed by atoms with E-state index >= 15 is 0 Å². The first kappa shape index (κ1) is 17.3. The first-order chi connectivity index (χ1) is 14.3. The van der Waals surface area contributed by atoms with Crippen molar-refractivity contribution < 1.29 is 14.3 Å². The number of hydrogen-bond acceptors (Lipinski definition) is 5. The summed E-state index contributed by atoms with van der Waals surface area (Å²) in [4.78, 5) is 18.1. The average molecular weight is 394 g/mol. The van der Waals surface area contributed by atoms with Crippen LogP contribution in [0.3, 0.4) is 0 Å². The molecule has 7 rings (SSSR count). The van der Waals surface area contributed by atoms with Gasteiger partial charge in [-0.2, -0.15) is 5.10 Å². The minimum atomic E-state index is 0.257. The van der Waals surface area contributed by atoms with Gasteiger partial charge in [0.15, 0.2) is 11.5 Å². The van der Waals surface area contributed by atoms with Crippen LogP contribution in [0, 0.1) is 5.92 Å². The van der Waals surface area contributed by atoms with Crippen molar-refractivity contribution in [3.05, 3.63) is 42.2 Å². The van der Waals surface area contributed by atoms with Gasteiger partial charge in [-0.3, -0.25) is 14.4 Å². The number of carbonyl (C=O) groups is 1. The summed E-state index contributed by atoms with van der Waals surface area (Å²) in [6.45, 7) is 4.04. The van der Waals surface area contributed by atoms with Gasteiger partial charge in [0.2, 0.25) is 12.7 Å². The lowest BCUT2D eigenvalue weighted by atomic mass is 9.75. The molecule has 4 saturated heterocycles. The maximum Gasteiger partial charge on any atom is 0.231 e. The van der Waals surface area contributed by atoms with Crippen LogP contribution in [-0.2, 0) is 11.3 Å². The van der Waals surface area contributed by atoms with Crippen molar-refractivity contribution in [2.45, 2.75) is 43.8 Å². The molecule has 3 atom stereocenters. The topological polar surface area (TPSA) is 59.8 Å². The summed E-state index contributed by atoms with van der Waals surface area (Å²) in [5, 5.41) is 4.24. The van der Waals surface area contributed by atoms with Crippen molar-refractivity contribution in [2.24, 2.45) is 5.92 Å². The molecule has 1 aromatic carbocycles. The normalized spacial score (nSPS) is 31.9. The standard InChI is InChI=1S/C22H26N4O3/c27-20(6-11-25-8-1-7-23-25)26-13-17(16-2-3-18-19(12-16)29-14-28-18)22-21(26)15-4-9-24(22)10-5-15/h1-3,7-8,12,15,17,21-22H,4-6,9-11,13-14H2/t17-,21+,22+/m0/s1. The molecule has 7 nitrogen and oxygen atoms in total. The molecule has 0 unspecified atom stereocenters. The fourth-order valence-electron chi connectivity index (χ4n) is 5.93. The molecule has 7 heteroatoms. The molecular weight excluding hydrogens is 368 g/mol. The maximum atomic E-state index is 13.3. The number of aromatic nitrogens is 2. The third-order valence-electron chi connectivity index (χ3n) is 7.25. The van der Waals surface area contributed by atoms with E-state index in [4.69, 9.17) is 9.47 Å². The van der Waals surface area contributed by atoms with Gasteiger partial charge in [0.05, 0.1) is 6.04 Å². The highest BCUT2D eigenvalue weighted by Gasteiger charge is 2.54. The second-order valence-electron chi connectivity index (χ2n) is 8.64. The average Bonchev–Trinajstić information content (AvgIpc) is 3.52. The zero-order valence-electron chi connectivity index (χ0n) is 16.4. The molecule has 1 amide bonds. The van der Waals surface area contributed by atoms with Crippen LogP contribution in [0.2, 0.25) is 0 Å². The SMILES string of the molecule is O=C(CCn1cccn1)N1C[C@@H](c2ccc3c(c2)OCO3)[C@@H]2[C@H]1C1CCN2CC1. The zero-order chi connectivity index (χ0) is 19.4. The van der Waals surface area contributed by atoms with Crippen molar-refractivity contribution in [1.82, 2.24) is 19.6 Å². The fourth-order valence-corrected chi connectivity index (χ4v) is 5.93. The number of benzene rings is 1. The molecule has 152 valence electrons. The summed E-state index contributed by atoms with van der Waals surface area (Å²) in [5.41, 5.74) is 1.26. The highest BCUT2D eigenvalue weighted by Crippen LogP contribution is 2.48. The Morgan fingerprint density at radius 2 is 2.00 bits per heavy atom. The Kier molecular flexibility index (Phi) is 4.04. The number of piperidine rings is 3. The Morgan fingerprint density at radius 1 is 1.14 bits per heavy atom.